The lowest BCUT2D eigenvalue weighted by molar-refractivity contribution is -0.173. The van der Waals surface area contributed by atoms with Gasteiger partial charge in [-0.3, -0.25) is 9.59 Å². The molecule has 0 saturated heterocycles. The van der Waals surface area contributed by atoms with Crippen molar-refractivity contribution < 1.29 is 19.8 Å². The van der Waals surface area contributed by atoms with Crippen molar-refractivity contribution in [2.24, 2.45) is 50.7 Å². The van der Waals surface area contributed by atoms with Gasteiger partial charge in [-0.25, -0.2) is 0 Å². The summed E-state index contributed by atoms with van der Waals surface area (Å²) in [5.41, 5.74) is -1.11. The van der Waals surface area contributed by atoms with E-state index in [-0.39, 0.29) is 69.9 Å². The van der Waals surface area contributed by atoms with E-state index in [1.165, 1.54) is 0 Å². The lowest BCUT2D eigenvalue weighted by Crippen LogP contribution is -2.64. The molecule has 210 valence electrons. The average molecular weight is 517 g/mol. The lowest BCUT2D eigenvalue weighted by Gasteiger charge is -2.63. The van der Waals surface area contributed by atoms with Crippen LogP contribution in [0.1, 0.15) is 92.9 Å². The van der Waals surface area contributed by atoms with Crippen LogP contribution in [0.25, 0.3) is 0 Å². The molecule has 37 heavy (non-hydrogen) atoms. The maximum atomic E-state index is 14.4. The summed E-state index contributed by atoms with van der Waals surface area (Å²) in [6, 6.07) is 0.150. The molecular formula is C31H52N2O4. The summed E-state index contributed by atoms with van der Waals surface area (Å²) in [5, 5.41) is 25.6. The topological polar surface area (TPSA) is 89.9 Å². The number of ketones is 1. The van der Waals surface area contributed by atoms with Gasteiger partial charge in [0.25, 0.3) is 0 Å². The van der Waals surface area contributed by atoms with Crippen LogP contribution in [0, 0.1) is 50.7 Å². The maximum Gasteiger partial charge on any atom is 0.223 e. The Morgan fingerprint density at radius 2 is 1.76 bits per heavy atom. The van der Waals surface area contributed by atoms with E-state index in [4.69, 9.17) is 0 Å². The fourth-order valence-corrected chi connectivity index (χ4v) is 11.2. The minimum atomic E-state index is -0.422. The van der Waals surface area contributed by atoms with E-state index in [0.717, 1.165) is 44.9 Å². The van der Waals surface area contributed by atoms with Gasteiger partial charge in [0.1, 0.15) is 5.78 Å². The van der Waals surface area contributed by atoms with E-state index >= 15 is 0 Å². The number of aliphatic hydroxyl groups is 2. The quantitative estimate of drug-likeness (QED) is 0.496. The second-order valence-corrected chi connectivity index (χ2v) is 15.0. The van der Waals surface area contributed by atoms with Crippen LogP contribution >= 0.6 is 0 Å². The van der Waals surface area contributed by atoms with Crippen LogP contribution in [-0.2, 0) is 9.59 Å². The van der Waals surface area contributed by atoms with Gasteiger partial charge >= 0.3 is 0 Å². The Balaban J connectivity index is 1.49. The lowest BCUT2D eigenvalue weighted by atomic mass is 9.41. The third-order valence-electron chi connectivity index (χ3n) is 13.8. The molecule has 1 amide bonds. The van der Waals surface area contributed by atoms with Crippen molar-refractivity contribution in [2.45, 2.75) is 111 Å². The highest BCUT2D eigenvalue weighted by Crippen LogP contribution is 2.87. The maximum absolute atomic E-state index is 14.4. The highest BCUT2D eigenvalue weighted by molar-refractivity contribution is 5.92. The molecule has 6 heteroatoms. The van der Waals surface area contributed by atoms with Crippen LogP contribution in [0.4, 0.5) is 0 Å². The Labute approximate surface area is 224 Å². The SMILES string of the molecule is CCC(C)C(=O)N[C@H]1CCC23CC24C(=O)C[C@]2(C)[C@@H]([C@H](C)N(C)C)[C@H](O)C[C@@]2(C)[C@@H]4CC[C@H]3[C@]1(C)CO. The number of rotatable bonds is 6. The molecule has 0 radical (unpaired) electrons. The molecule has 0 heterocycles. The van der Waals surface area contributed by atoms with E-state index in [1.54, 1.807) is 0 Å². The van der Waals surface area contributed by atoms with Gasteiger partial charge in [0.05, 0.1) is 12.7 Å². The smallest absolute Gasteiger partial charge is 0.223 e. The molecule has 0 aromatic rings. The van der Waals surface area contributed by atoms with Crippen molar-refractivity contribution in [3.63, 3.8) is 0 Å². The number of hydrogen-bond donors (Lipinski definition) is 3. The van der Waals surface area contributed by atoms with Crippen LogP contribution in [0.5, 0.6) is 0 Å². The molecule has 5 rings (SSSR count). The Hall–Kier alpha value is -0.980. The first kappa shape index (κ1) is 27.6. The molecule has 0 aromatic heterocycles. The first-order valence-electron chi connectivity index (χ1n) is 15.0. The third-order valence-corrected chi connectivity index (χ3v) is 13.8. The minimum Gasteiger partial charge on any atom is -0.396 e. The Bertz CT molecular complexity index is 969. The molecular weight excluding hydrogens is 464 g/mol. The van der Waals surface area contributed by atoms with Crippen molar-refractivity contribution in [3.05, 3.63) is 0 Å². The number of Topliss-reactive ketones (excluding diaryl/α,β-unsaturated/α-hetero) is 1. The van der Waals surface area contributed by atoms with E-state index < -0.39 is 11.5 Å². The van der Waals surface area contributed by atoms with Gasteiger partial charge in [-0.05, 0) is 94.0 Å². The number of aliphatic hydroxyl groups excluding tert-OH is 2. The molecule has 5 aliphatic carbocycles. The Kier molecular flexibility index (Phi) is 6.34. The summed E-state index contributed by atoms with van der Waals surface area (Å²) < 4.78 is 0. The summed E-state index contributed by atoms with van der Waals surface area (Å²) >= 11 is 0. The number of hydrogen-bond acceptors (Lipinski definition) is 5. The van der Waals surface area contributed by atoms with E-state index in [2.05, 4.69) is 52.0 Å². The molecule has 5 aliphatic rings. The van der Waals surface area contributed by atoms with E-state index in [1.807, 2.05) is 13.8 Å². The van der Waals surface area contributed by atoms with Gasteiger partial charge in [0.15, 0.2) is 0 Å². The fourth-order valence-electron chi connectivity index (χ4n) is 11.2. The molecule has 3 N–H and O–H groups in total. The first-order valence-corrected chi connectivity index (χ1v) is 15.0. The zero-order valence-electron chi connectivity index (χ0n) is 24.6. The van der Waals surface area contributed by atoms with E-state index in [0.29, 0.717) is 12.2 Å². The van der Waals surface area contributed by atoms with Crippen molar-refractivity contribution in [1.29, 1.82) is 0 Å². The summed E-state index contributed by atoms with van der Waals surface area (Å²) in [4.78, 5) is 29.5. The van der Waals surface area contributed by atoms with Crippen LogP contribution in [0.2, 0.25) is 0 Å². The molecule has 3 unspecified atom stereocenters. The first-order chi connectivity index (χ1) is 17.2. The van der Waals surface area contributed by atoms with Crippen molar-refractivity contribution in [1.82, 2.24) is 10.2 Å². The van der Waals surface area contributed by atoms with Gasteiger partial charge in [-0.2, -0.15) is 0 Å². The summed E-state index contributed by atoms with van der Waals surface area (Å²) in [6.07, 6.45) is 6.42. The molecule has 2 spiro atoms. The monoisotopic (exact) mass is 516 g/mol. The van der Waals surface area contributed by atoms with Gasteiger partial charge < -0.3 is 20.4 Å². The normalized spacial score (nSPS) is 52.0. The predicted octanol–water partition coefficient (Wildman–Crippen LogP) is 4.03. The molecule has 0 aliphatic heterocycles. The zero-order chi connectivity index (χ0) is 27.3. The second kappa shape index (κ2) is 8.51. The highest BCUT2D eigenvalue weighted by Gasteiger charge is 2.86. The third kappa shape index (κ3) is 3.21. The van der Waals surface area contributed by atoms with Crippen LogP contribution in [0.15, 0.2) is 0 Å². The van der Waals surface area contributed by atoms with Gasteiger partial charge in [0.2, 0.25) is 5.91 Å². The zero-order valence-corrected chi connectivity index (χ0v) is 24.6. The standard InChI is InChI=1S/C31H52N2O4/c1-9-18(2)26(37)32-23-12-13-30-16-31(30)22(11-10-21(30)27(23,4)17-34)28(5)14-20(35)25(19(3)33(7)8)29(28,6)15-24(31)36/h18-23,25,34-35H,9-17H2,1-8H3,(H,32,37)/t18?,19-,20+,21-,22-,23-,25-,27-,28-,29+,30?,31?/m0/s1. The molecule has 0 bridgehead atoms. The van der Waals surface area contributed by atoms with Crippen LogP contribution < -0.4 is 5.32 Å². The Morgan fingerprint density at radius 1 is 1.11 bits per heavy atom. The molecule has 5 saturated carbocycles. The largest absolute Gasteiger partial charge is 0.396 e. The number of amides is 1. The van der Waals surface area contributed by atoms with Gasteiger partial charge in [-0.15, -0.1) is 0 Å². The fraction of sp³-hybridized carbons (Fsp3) is 0.935. The predicted molar refractivity (Wildman–Crippen MR) is 145 cm³/mol. The highest BCUT2D eigenvalue weighted by atomic mass is 16.3. The molecule has 6 nitrogen and oxygen atoms in total. The number of nitrogens with one attached hydrogen (secondary N) is 1. The van der Waals surface area contributed by atoms with E-state index in [9.17, 15) is 19.8 Å². The summed E-state index contributed by atoms with van der Waals surface area (Å²) in [6.45, 7) is 13.1. The van der Waals surface area contributed by atoms with Crippen molar-refractivity contribution >= 4 is 11.7 Å². The Morgan fingerprint density at radius 3 is 2.35 bits per heavy atom. The number of fused-ring (bicyclic) bond motifs is 2. The summed E-state index contributed by atoms with van der Waals surface area (Å²) in [7, 11) is 4.16. The number of carbonyl (C=O) groups is 2. The van der Waals surface area contributed by atoms with Gasteiger partial charge in [-0.1, -0.05) is 34.6 Å². The molecule has 0 aromatic carbocycles. The van der Waals surface area contributed by atoms with Gasteiger partial charge in [0, 0.05) is 41.2 Å². The molecule has 5 fully saturated rings. The van der Waals surface area contributed by atoms with Crippen LogP contribution in [0.3, 0.4) is 0 Å². The number of nitrogens with zero attached hydrogens (tertiary/aromatic N) is 1. The average Bonchev–Trinajstić information content (AvgIpc) is 3.48. The minimum absolute atomic E-state index is 0.0364. The number of carbonyl (C=O) groups excluding carboxylic acids is 2. The molecule has 12 atom stereocenters. The van der Waals surface area contributed by atoms with Crippen LogP contribution in [-0.4, -0.2) is 65.7 Å². The van der Waals surface area contributed by atoms with Crippen molar-refractivity contribution in [2.75, 3.05) is 20.7 Å². The summed E-state index contributed by atoms with van der Waals surface area (Å²) in [5.74, 6) is 1.07. The second-order valence-electron chi connectivity index (χ2n) is 15.0. The van der Waals surface area contributed by atoms with Crippen molar-refractivity contribution in [3.8, 4) is 0 Å².